The molecule has 0 atom stereocenters. The van der Waals surface area contributed by atoms with Gasteiger partial charge >= 0.3 is 0 Å². The molecule has 3 nitrogen and oxygen atoms in total. The van der Waals surface area contributed by atoms with Crippen LogP contribution < -0.4 is 5.73 Å². The quantitative estimate of drug-likeness (QED) is 0.611. The zero-order chi connectivity index (χ0) is 7.84. The number of nitrogens with zero attached hydrogens (tertiary/aromatic N) is 2. The highest BCUT2D eigenvalue weighted by Crippen LogP contribution is 2.07. The Labute approximate surface area is 62.3 Å². The first-order valence-electron chi connectivity index (χ1n) is 3.15. The van der Waals surface area contributed by atoms with E-state index < -0.39 is 0 Å². The van der Waals surface area contributed by atoms with Gasteiger partial charge in [-0.3, -0.25) is 0 Å². The number of hydrogen-bond donors (Lipinski definition) is 1. The van der Waals surface area contributed by atoms with Crippen LogP contribution in [0.3, 0.4) is 0 Å². The topological polar surface area (TPSA) is 43.3 Å². The van der Waals surface area contributed by atoms with Crippen molar-refractivity contribution in [3.05, 3.63) is 30.3 Å². The van der Waals surface area contributed by atoms with Gasteiger partial charge in [-0.2, -0.15) is 0 Å². The second-order valence-corrected chi connectivity index (χ2v) is 2.28. The molecule has 4 heteroatoms. The molecular weight excluding hydrogens is 145 g/mol. The predicted octanol–water partition coefficient (Wildman–Crippen LogP) is 1.06. The molecule has 2 aromatic rings. The van der Waals surface area contributed by atoms with Gasteiger partial charge in [-0.05, 0) is 6.07 Å². The first kappa shape index (κ1) is 6.15. The van der Waals surface area contributed by atoms with E-state index in [1.54, 1.807) is 16.8 Å². The molecule has 11 heavy (non-hydrogen) atoms. The predicted molar refractivity (Wildman–Crippen MR) is 39.6 cm³/mol. The fraction of sp³-hybridized carbons (Fsp3) is 0. The van der Waals surface area contributed by atoms with E-state index in [0.717, 1.165) is 0 Å². The lowest BCUT2D eigenvalue weighted by molar-refractivity contribution is 0.626. The molecule has 0 amide bonds. The zero-order valence-electron chi connectivity index (χ0n) is 5.66. The van der Waals surface area contributed by atoms with Gasteiger partial charge in [0.2, 0.25) is 0 Å². The van der Waals surface area contributed by atoms with E-state index in [2.05, 4.69) is 4.98 Å². The van der Waals surface area contributed by atoms with Crippen LogP contribution in [0.25, 0.3) is 5.65 Å². The summed E-state index contributed by atoms with van der Waals surface area (Å²) in [6, 6.07) is 2.68. The molecule has 0 fully saturated rings. The Bertz CT molecular complexity index is 393. The lowest BCUT2D eigenvalue weighted by Gasteiger charge is -1.89. The van der Waals surface area contributed by atoms with E-state index in [4.69, 9.17) is 5.73 Å². The van der Waals surface area contributed by atoms with Crippen molar-refractivity contribution >= 4 is 11.5 Å². The molecule has 2 heterocycles. The highest BCUT2D eigenvalue weighted by Gasteiger charge is 1.97. The van der Waals surface area contributed by atoms with Crippen LogP contribution in [0.1, 0.15) is 0 Å². The van der Waals surface area contributed by atoms with Crippen LogP contribution in [-0.4, -0.2) is 9.38 Å². The van der Waals surface area contributed by atoms with E-state index in [1.165, 1.54) is 12.1 Å². The average Bonchev–Trinajstić information content (AvgIpc) is 2.27. The van der Waals surface area contributed by atoms with Gasteiger partial charge in [-0.1, -0.05) is 0 Å². The minimum Gasteiger partial charge on any atom is -0.382 e. The van der Waals surface area contributed by atoms with Gasteiger partial charge in [0.25, 0.3) is 0 Å². The number of aromatic nitrogens is 2. The van der Waals surface area contributed by atoms with Crippen molar-refractivity contribution in [3.63, 3.8) is 0 Å². The molecule has 0 aliphatic rings. The summed E-state index contributed by atoms with van der Waals surface area (Å²) < 4.78 is 14.2. The number of nitrogens with two attached hydrogens (primary N) is 1. The lowest BCUT2D eigenvalue weighted by atomic mass is 10.4. The van der Waals surface area contributed by atoms with Crippen molar-refractivity contribution in [2.45, 2.75) is 0 Å². The third kappa shape index (κ3) is 0.920. The van der Waals surface area contributed by atoms with Gasteiger partial charge in [0.05, 0.1) is 6.20 Å². The Hall–Kier alpha value is -1.58. The van der Waals surface area contributed by atoms with Crippen LogP contribution in [0.4, 0.5) is 10.2 Å². The number of pyridine rings is 1. The molecule has 2 rings (SSSR count). The van der Waals surface area contributed by atoms with E-state index >= 15 is 0 Å². The summed E-state index contributed by atoms with van der Waals surface area (Å²) in [6.45, 7) is 0. The van der Waals surface area contributed by atoms with Crippen LogP contribution in [0.2, 0.25) is 0 Å². The molecule has 0 aliphatic heterocycles. The molecule has 0 saturated carbocycles. The number of rotatable bonds is 0. The summed E-state index contributed by atoms with van der Waals surface area (Å²) >= 11 is 0. The fourth-order valence-corrected chi connectivity index (χ4v) is 0.977. The van der Waals surface area contributed by atoms with Crippen LogP contribution >= 0.6 is 0 Å². The summed E-state index contributed by atoms with van der Waals surface area (Å²) in [5.41, 5.74) is 5.92. The van der Waals surface area contributed by atoms with Crippen molar-refractivity contribution in [1.82, 2.24) is 9.38 Å². The summed E-state index contributed by atoms with van der Waals surface area (Å²) in [7, 11) is 0. The normalized spacial score (nSPS) is 10.6. The molecular formula is C7H6FN3. The van der Waals surface area contributed by atoms with Gasteiger partial charge in [-0.15, -0.1) is 0 Å². The van der Waals surface area contributed by atoms with Crippen molar-refractivity contribution in [2.75, 3.05) is 5.73 Å². The number of hydrogen-bond acceptors (Lipinski definition) is 2. The van der Waals surface area contributed by atoms with E-state index in [0.29, 0.717) is 11.5 Å². The van der Waals surface area contributed by atoms with E-state index in [-0.39, 0.29) is 5.82 Å². The Morgan fingerprint density at radius 1 is 1.55 bits per heavy atom. The van der Waals surface area contributed by atoms with Gasteiger partial charge in [0.15, 0.2) is 0 Å². The minimum atomic E-state index is -0.303. The van der Waals surface area contributed by atoms with E-state index in [1.807, 2.05) is 0 Å². The molecule has 0 radical (unpaired) electrons. The molecule has 0 aliphatic carbocycles. The summed E-state index contributed by atoms with van der Waals surface area (Å²) in [4.78, 5) is 3.87. The van der Waals surface area contributed by atoms with E-state index in [9.17, 15) is 4.39 Å². The Morgan fingerprint density at radius 3 is 3.18 bits per heavy atom. The molecule has 0 saturated heterocycles. The number of fused-ring (bicyclic) bond motifs is 1. The zero-order valence-corrected chi connectivity index (χ0v) is 5.66. The molecule has 0 bridgehead atoms. The van der Waals surface area contributed by atoms with Gasteiger partial charge in [-0.25, -0.2) is 9.37 Å². The number of anilines is 1. The number of imidazole rings is 1. The van der Waals surface area contributed by atoms with Crippen LogP contribution in [-0.2, 0) is 0 Å². The second kappa shape index (κ2) is 1.95. The SMILES string of the molecule is Nc1cn2ccc(F)cc2n1. The molecule has 0 unspecified atom stereocenters. The maximum Gasteiger partial charge on any atom is 0.142 e. The highest BCUT2D eigenvalue weighted by atomic mass is 19.1. The molecule has 2 N–H and O–H groups in total. The fourth-order valence-electron chi connectivity index (χ4n) is 0.977. The monoisotopic (exact) mass is 151 g/mol. The standard InChI is InChI=1S/C7H6FN3/c8-5-1-2-11-4-6(9)10-7(11)3-5/h1-4H,9H2. The Kier molecular flexibility index (Phi) is 1.09. The highest BCUT2D eigenvalue weighted by molar-refractivity contribution is 5.46. The van der Waals surface area contributed by atoms with Crippen molar-refractivity contribution in [2.24, 2.45) is 0 Å². The van der Waals surface area contributed by atoms with Crippen molar-refractivity contribution < 1.29 is 4.39 Å². The average molecular weight is 151 g/mol. The van der Waals surface area contributed by atoms with Crippen molar-refractivity contribution in [1.29, 1.82) is 0 Å². The third-order valence-electron chi connectivity index (χ3n) is 1.44. The minimum absolute atomic E-state index is 0.303. The number of halogens is 1. The number of nitrogen functional groups attached to an aromatic ring is 1. The summed E-state index contributed by atoms with van der Waals surface area (Å²) in [6.07, 6.45) is 3.21. The molecule has 0 spiro atoms. The maximum absolute atomic E-state index is 12.6. The first-order chi connectivity index (χ1) is 5.25. The van der Waals surface area contributed by atoms with Gasteiger partial charge in [0, 0.05) is 12.3 Å². The van der Waals surface area contributed by atoms with Crippen LogP contribution in [0.15, 0.2) is 24.5 Å². The van der Waals surface area contributed by atoms with Gasteiger partial charge in [0.1, 0.15) is 17.3 Å². The smallest absolute Gasteiger partial charge is 0.142 e. The van der Waals surface area contributed by atoms with Crippen molar-refractivity contribution in [3.8, 4) is 0 Å². The molecule has 0 aromatic carbocycles. The van der Waals surface area contributed by atoms with Gasteiger partial charge < -0.3 is 10.1 Å². The second-order valence-electron chi connectivity index (χ2n) is 2.28. The van der Waals surface area contributed by atoms with Crippen LogP contribution in [0, 0.1) is 5.82 Å². The Morgan fingerprint density at radius 2 is 2.36 bits per heavy atom. The Balaban J connectivity index is 2.82. The lowest BCUT2D eigenvalue weighted by Crippen LogP contribution is -1.82. The summed E-state index contributed by atoms with van der Waals surface area (Å²) in [5, 5.41) is 0. The summed E-state index contributed by atoms with van der Waals surface area (Å²) in [5.74, 6) is 0.0960. The maximum atomic E-state index is 12.6. The third-order valence-corrected chi connectivity index (χ3v) is 1.44. The largest absolute Gasteiger partial charge is 0.382 e. The molecule has 2 aromatic heterocycles. The van der Waals surface area contributed by atoms with Crippen LogP contribution in [0.5, 0.6) is 0 Å². The first-order valence-corrected chi connectivity index (χ1v) is 3.15. The molecule has 56 valence electrons.